The number of primary amides is 1. The first-order valence-corrected chi connectivity index (χ1v) is 8.21. The number of nitrogens with zero attached hydrogens (tertiary/aromatic N) is 4. The van der Waals surface area contributed by atoms with Crippen molar-refractivity contribution in [3.63, 3.8) is 0 Å². The Balaban J connectivity index is 1.72. The summed E-state index contributed by atoms with van der Waals surface area (Å²) in [5, 5.41) is 0. The fourth-order valence-electron chi connectivity index (χ4n) is 3.56. The first-order valence-electron chi connectivity index (χ1n) is 8.21. The van der Waals surface area contributed by atoms with Gasteiger partial charge in [0.05, 0.1) is 36.8 Å². The molecule has 0 saturated carbocycles. The number of amides is 2. The lowest BCUT2D eigenvalue weighted by atomic mass is 9.96. The highest BCUT2D eigenvalue weighted by atomic mass is 16.2. The number of aryl methyl sites for hydroxylation is 1. The average Bonchev–Trinajstić information content (AvgIpc) is 2.95. The molecule has 1 atom stereocenters. The van der Waals surface area contributed by atoms with Crippen LogP contribution in [0, 0.1) is 12.8 Å². The summed E-state index contributed by atoms with van der Waals surface area (Å²) in [5.41, 5.74) is 6.49. The van der Waals surface area contributed by atoms with Crippen molar-refractivity contribution < 1.29 is 9.59 Å². The quantitative estimate of drug-likeness (QED) is 0.775. The molecule has 0 spiro atoms. The molecule has 2 aliphatic heterocycles. The van der Waals surface area contributed by atoms with Crippen molar-refractivity contribution >= 4 is 11.8 Å². The van der Waals surface area contributed by atoms with E-state index in [9.17, 15) is 14.4 Å². The number of rotatable bonds is 3. The van der Waals surface area contributed by atoms with Crippen molar-refractivity contribution in [1.82, 2.24) is 19.4 Å². The summed E-state index contributed by atoms with van der Waals surface area (Å²) in [6.07, 6.45) is 1.66. The zero-order valence-electron chi connectivity index (χ0n) is 14.1. The van der Waals surface area contributed by atoms with Gasteiger partial charge >= 0.3 is 0 Å². The number of aromatic nitrogens is 2. The molecule has 0 aliphatic carbocycles. The SMILES string of the molecule is Cc1nc2c(c(=O)n1C)CN(C(=O)[C@@H]1CCCN(CC(N)=O)C1)C2. The van der Waals surface area contributed by atoms with Crippen LogP contribution in [-0.4, -0.2) is 50.8 Å². The van der Waals surface area contributed by atoms with Crippen LogP contribution in [0.15, 0.2) is 4.79 Å². The van der Waals surface area contributed by atoms with Crippen LogP contribution in [-0.2, 0) is 29.7 Å². The van der Waals surface area contributed by atoms with Crippen molar-refractivity contribution in [2.24, 2.45) is 18.7 Å². The first kappa shape index (κ1) is 16.6. The maximum absolute atomic E-state index is 12.8. The van der Waals surface area contributed by atoms with Crippen LogP contribution in [0.3, 0.4) is 0 Å². The molecular formula is C16H23N5O3. The summed E-state index contributed by atoms with van der Waals surface area (Å²) in [4.78, 5) is 44.3. The number of fused-ring (bicyclic) bond motifs is 1. The Morgan fingerprint density at radius 3 is 2.79 bits per heavy atom. The summed E-state index contributed by atoms with van der Waals surface area (Å²) in [7, 11) is 1.69. The van der Waals surface area contributed by atoms with E-state index in [1.165, 1.54) is 4.57 Å². The van der Waals surface area contributed by atoms with Crippen molar-refractivity contribution in [3.8, 4) is 0 Å². The highest BCUT2D eigenvalue weighted by Crippen LogP contribution is 2.24. The molecule has 1 aromatic rings. The molecule has 0 bridgehead atoms. The molecule has 8 nitrogen and oxygen atoms in total. The molecular weight excluding hydrogens is 310 g/mol. The van der Waals surface area contributed by atoms with Crippen LogP contribution in [0.25, 0.3) is 0 Å². The lowest BCUT2D eigenvalue weighted by Gasteiger charge is -2.33. The van der Waals surface area contributed by atoms with Gasteiger partial charge in [-0.15, -0.1) is 0 Å². The number of piperidine rings is 1. The highest BCUT2D eigenvalue weighted by molar-refractivity contribution is 5.80. The minimum Gasteiger partial charge on any atom is -0.369 e. The van der Waals surface area contributed by atoms with E-state index in [1.807, 2.05) is 4.90 Å². The van der Waals surface area contributed by atoms with E-state index < -0.39 is 0 Å². The molecule has 1 fully saturated rings. The van der Waals surface area contributed by atoms with E-state index in [0.717, 1.165) is 19.4 Å². The molecule has 8 heteroatoms. The normalized spacial score (nSPS) is 20.9. The fourth-order valence-corrected chi connectivity index (χ4v) is 3.56. The Bertz CT molecular complexity index is 742. The third-order valence-corrected chi connectivity index (χ3v) is 4.93. The molecule has 2 amide bonds. The van der Waals surface area contributed by atoms with E-state index in [-0.39, 0.29) is 29.8 Å². The monoisotopic (exact) mass is 333 g/mol. The van der Waals surface area contributed by atoms with Crippen molar-refractivity contribution in [1.29, 1.82) is 0 Å². The maximum atomic E-state index is 12.8. The lowest BCUT2D eigenvalue weighted by Crippen LogP contribution is -2.46. The van der Waals surface area contributed by atoms with Gasteiger partial charge in [0.1, 0.15) is 5.82 Å². The van der Waals surface area contributed by atoms with E-state index in [0.29, 0.717) is 36.7 Å². The smallest absolute Gasteiger partial charge is 0.258 e. The van der Waals surface area contributed by atoms with Gasteiger partial charge in [0.15, 0.2) is 0 Å². The summed E-state index contributed by atoms with van der Waals surface area (Å²) in [5.74, 6) is 0.150. The van der Waals surface area contributed by atoms with Crippen LogP contribution < -0.4 is 11.3 Å². The van der Waals surface area contributed by atoms with Gasteiger partial charge in [-0.05, 0) is 26.3 Å². The second-order valence-electron chi connectivity index (χ2n) is 6.68. The van der Waals surface area contributed by atoms with Crippen LogP contribution in [0.2, 0.25) is 0 Å². The first-order chi connectivity index (χ1) is 11.4. The zero-order chi connectivity index (χ0) is 17.4. The highest BCUT2D eigenvalue weighted by Gasteiger charge is 2.34. The Morgan fingerprint density at radius 2 is 2.08 bits per heavy atom. The molecule has 24 heavy (non-hydrogen) atoms. The number of carbonyl (C=O) groups is 2. The Hall–Kier alpha value is -2.22. The van der Waals surface area contributed by atoms with Crippen LogP contribution in [0.5, 0.6) is 0 Å². The molecule has 1 saturated heterocycles. The van der Waals surface area contributed by atoms with Gasteiger partial charge in [-0.2, -0.15) is 0 Å². The van der Waals surface area contributed by atoms with Crippen LogP contribution >= 0.6 is 0 Å². The number of carbonyl (C=O) groups excluding carboxylic acids is 2. The van der Waals surface area contributed by atoms with Gasteiger partial charge in [-0.25, -0.2) is 4.98 Å². The third-order valence-electron chi connectivity index (χ3n) is 4.93. The van der Waals surface area contributed by atoms with E-state index in [2.05, 4.69) is 4.98 Å². The fraction of sp³-hybridized carbons (Fsp3) is 0.625. The standard InChI is InChI=1S/C16H23N5O3/c1-10-18-13-8-21(7-12(13)16(24)19(10)2)15(23)11-4-3-5-20(6-11)9-14(17)22/h11H,3-9H2,1-2H3,(H2,17,22)/t11-/m1/s1. The molecule has 0 unspecified atom stereocenters. The van der Waals surface area contributed by atoms with Gasteiger partial charge in [-0.3, -0.25) is 23.9 Å². The number of hydrogen-bond donors (Lipinski definition) is 1. The van der Waals surface area contributed by atoms with Crippen molar-refractivity contribution in [2.45, 2.75) is 32.9 Å². The second-order valence-corrected chi connectivity index (χ2v) is 6.68. The van der Waals surface area contributed by atoms with Crippen LogP contribution in [0.1, 0.15) is 29.9 Å². The predicted octanol–water partition coefficient (Wildman–Crippen LogP) is -0.872. The third kappa shape index (κ3) is 3.06. The molecule has 3 rings (SSSR count). The zero-order valence-corrected chi connectivity index (χ0v) is 14.1. The molecule has 1 aromatic heterocycles. The summed E-state index contributed by atoms with van der Waals surface area (Å²) < 4.78 is 1.52. The number of likely N-dealkylation sites (tertiary alicyclic amines) is 1. The molecule has 130 valence electrons. The van der Waals surface area contributed by atoms with Gasteiger partial charge in [0.2, 0.25) is 11.8 Å². The number of nitrogens with two attached hydrogens (primary N) is 1. The molecule has 2 aliphatic rings. The molecule has 3 heterocycles. The van der Waals surface area contributed by atoms with Gasteiger partial charge in [-0.1, -0.05) is 0 Å². The van der Waals surface area contributed by atoms with E-state index in [4.69, 9.17) is 5.73 Å². The minimum atomic E-state index is -0.375. The van der Waals surface area contributed by atoms with Gasteiger partial charge < -0.3 is 10.6 Å². The maximum Gasteiger partial charge on any atom is 0.258 e. The lowest BCUT2D eigenvalue weighted by molar-refractivity contribution is -0.138. The summed E-state index contributed by atoms with van der Waals surface area (Å²) >= 11 is 0. The topological polar surface area (TPSA) is 102 Å². The molecule has 2 N–H and O–H groups in total. The van der Waals surface area contributed by atoms with E-state index in [1.54, 1.807) is 18.9 Å². The Morgan fingerprint density at radius 1 is 1.33 bits per heavy atom. The van der Waals surface area contributed by atoms with Crippen molar-refractivity contribution in [2.75, 3.05) is 19.6 Å². The second kappa shape index (κ2) is 6.35. The Labute approximate surface area is 140 Å². The van der Waals surface area contributed by atoms with E-state index >= 15 is 0 Å². The predicted molar refractivity (Wildman–Crippen MR) is 86.8 cm³/mol. The van der Waals surface area contributed by atoms with Gasteiger partial charge in [0, 0.05) is 13.6 Å². The van der Waals surface area contributed by atoms with Gasteiger partial charge in [0.25, 0.3) is 5.56 Å². The average molecular weight is 333 g/mol. The Kier molecular flexibility index (Phi) is 4.40. The van der Waals surface area contributed by atoms with Crippen LogP contribution in [0.4, 0.5) is 0 Å². The summed E-state index contributed by atoms with van der Waals surface area (Å²) in [6.45, 7) is 4.01. The molecule has 0 aromatic carbocycles. The van der Waals surface area contributed by atoms with Crippen molar-refractivity contribution in [3.05, 3.63) is 27.4 Å². The summed E-state index contributed by atoms with van der Waals surface area (Å²) in [6, 6.07) is 0. The largest absolute Gasteiger partial charge is 0.369 e. The molecule has 0 radical (unpaired) electrons. The minimum absolute atomic E-state index is 0.0295. The number of hydrogen-bond acceptors (Lipinski definition) is 5.